The molecule has 0 aromatic carbocycles. The highest BCUT2D eigenvalue weighted by atomic mass is 16.5. The van der Waals surface area contributed by atoms with E-state index in [9.17, 15) is 9.90 Å². The molecule has 3 nitrogen and oxygen atoms in total. The van der Waals surface area contributed by atoms with E-state index in [1.807, 2.05) is 20.8 Å². The fraction of sp³-hybridized carbons (Fsp3) is 0.923. The number of rotatable bonds is 4. The summed E-state index contributed by atoms with van der Waals surface area (Å²) in [6, 6.07) is 0. The second-order valence-electron chi connectivity index (χ2n) is 5.70. The smallest absolute Gasteiger partial charge is 0.335 e. The quantitative estimate of drug-likeness (QED) is 0.803. The Morgan fingerprint density at radius 3 is 2.31 bits per heavy atom. The summed E-state index contributed by atoms with van der Waals surface area (Å²) in [4.78, 5) is 11.5. The van der Waals surface area contributed by atoms with E-state index in [2.05, 4.69) is 6.92 Å². The monoisotopic (exact) mass is 228 g/mol. The number of carbonyl (C=O) groups is 1. The molecule has 1 saturated carbocycles. The Bertz CT molecular complexity index is 250. The maximum absolute atomic E-state index is 11.5. The van der Waals surface area contributed by atoms with Crippen LogP contribution in [0.1, 0.15) is 59.8 Å². The van der Waals surface area contributed by atoms with Gasteiger partial charge < -0.3 is 9.84 Å². The molecule has 1 N–H and O–H groups in total. The molecule has 0 spiro atoms. The third kappa shape index (κ3) is 2.97. The third-order valence-electron chi connectivity index (χ3n) is 3.79. The molecule has 0 aromatic rings. The number of carboxylic acid groups (broad SMARTS) is 1. The fourth-order valence-electron chi connectivity index (χ4n) is 2.19. The summed E-state index contributed by atoms with van der Waals surface area (Å²) in [5.74, 6) is -0.165. The van der Waals surface area contributed by atoms with Crippen LogP contribution in [-0.2, 0) is 9.53 Å². The van der Waals surface area contributed by atoms with Gasteiger partial charge in [0.2, 0.25) is 0 Å². The predicted molar refractivity (Wildman–Crippen MR) is 63.5 cm³/mol. The van der Waals surface area contributed by atoms with Crippen molar-refractivity contribution in [2.75, 3.05) is 0 Å². The Labute approximate surface area is 98.2 Å². The Morgan fingerprint density at radius 2 is 1.94 bits per heavy atom. The lowest BCUT2D eigenvalue weighted by Crippen LogP contribution is -2.49. The van der Waals surface area contributed by atoms with Gasteiger partial charge in [-0.05, 0) is 51.9 Å². The molecule has 0 aromatic heterocycles. The zero-order valence-electron chi connectivity index (χ0n) is 10.9. The van der Waals surface area contributed by atoms with E-state index < -0.39 is 11.6 Å². The molecule has 1 aliphatic carbocycles. The maximum Gasteiger partial charge on any atom is 0.335 e. The molecule has 0 atom stereocenters. The van der Waals surface area contributed by atoms with Gasteiger partial charge in [0.1, 0.15) is 0 Å². The van der Waals surface area contributed by atoms with E-state index in [1.54, 1.807) is 0 Å². The summed E-state index contributed by atoms with van der Waals surface area (Å²) in [5, 5.41) is 9.41. The fourth-order valence-corrected chi connectivity index (χ4v) is 2.19. The van der Waals surface area contributed by atoms with E-state index in [0.29, 0.717) is 18.8 Å². The minimum atomic E-state index is -0.938. The van der Waals surface area contributed by atoms with E-state index >= 15 is 0 Å². The Hall–Kier alpha value is -0.570. The first-order chi connectivity index (χ1) is 7.31. The summed E-state index contributed by atoms with van der Waals surface area (Å²) in [6.45, 7) is 8.14. The maximum atomic E-state index is 11.5. The van der Waals surface area contributed by atoms with Crippen LogP contribution in [0.2, 0.25) is 0 Å². The van der Waals surface area contributed by atoms with Crippen molar-refractivity contribution in [2.45, 2.75) is 71.0 Å². The zero-order chi connectivity index (χ0) is 12.4. The lowest BCUT2D eigenvalue weighted by molar-refractivity contribution is -0.196. The molecule has 1 fully saturated rings. The molecule has 3 heteroatoms. The average molecular weight is 228 g/mol. The van der Waals surface area contributed by atoms with Gasteiger partial charge in [-0.3, -0.25) is 0 Å². The van der Waals surface area contributed by atoms with Crippen molar-refractivity contribution in [3.8, 4) is 0 Å². The van der Waals surface area contributed by atoms with Crippen molar-refractivity contribution >= 4 is 5.97 Å². The molecule has 0 heterocycles. The molecular weight excluding hydrogens is 204 g/mol. The minimum absolute atomic E-state index is 0.348. The van der Waals surface area contributed by atoms with Gasteiger partial charge in [-0.25, -0.2) is 4.79 Å². The molecule has 0 saturated heterocycles. The van der Waals surface area contributed by atoms with Crippen LogP contribution >= 0.6 is 0 Å². The largest absolute Gasteiger partial charge is 0.479 e. The highest BCUT2D eigenvalue weighted by molar-refractivity contribution is 5.77. The van der Waals surface area contributed by atoms with Gasteiger partial charge >= 0.3 is 5.97 Å². The van der Waals surface area contributed by atoms with Gasteiger partial charge in [0.15, 0.2) is 5.60 Å². The Kier molecular flexibility index (Phi) is 4.00. The standard InChI is InChI=1S/C13H24O3/c1-5-12(3,4)16-13(11(14)15)8-6-10(2)7-9-13/h10H,5-9H2,1-4H3,(H,14,15). The van der Waals surface area contributed by atoms with Crippen LogP contribution in [-0.4, -0.2) is 22.3 Å². The Morgan fingerprint density at radius 1 is 1.44 bits per heavy atom. The molecule has 1 aliphatic rings. The summed E-state index contributed by atoms with van der Waals surface area (Å²) in [6.07, 6.45) is 4.02. The van der Waals surface area contributed by atoms with Crippen molar-refractivity contribution in [3.63, 3.8) is 0 Å². The summed E-state index contributed by atoms with van der Waals surface area (Å²) in [7, 11) is 0. The number of aliphatic carboxylic acids is 1. The second-order valence-corrected chi connectivity index (χ2v) is 5.70. The molecule has 0 unspecified atom stereocenters. The van der Waals surface area contributed by atoms with Crippen LogP contribution in [0.25, 0.3) is 0 Å². The highest BCUT2D eigenvalue weighted by Crippen LogP contribution is 2.38. The second kappa shape index (κ2) is 4.74. The number of ether oxygens (including phenoxy) is 1. The van der Waals surface area contributed by atoms with Crippen LogP contribution in [0.15, 0.2) is 0 Å². The number of hydrogen-bond acceptors (Lipinski definition) is 2. The van der Waals surface area contributed by atoms with Gasteiger partial charge in [0.25, 0.3) is 0 Å². The lowest BCUT2D eigenvalue weighted by Gasteiger charge is -2.41. The third-order valence-corrected chi connectivity index (χ3v) is 3.79. The van der Waals surface area contributed by atoms with E-state index in [0.717, 1.165) is 19.3 Å². The SMILES string of the molecule is CCC(C)(C)OC1(C(=O)O)CCC(C)CC1. The molecule has 0 amide bonds. The van der Waals surface area contributed by atoms with Gasteiger partial charge in [-0.1, -0.05) is 13.8 Å². The van der Waals surface area contributed by atoms with Gasteiger partial charge in [-0.2, -0.15) is 0 Å². The molecule has 0 bridgehead atoms. The predicted octanol–water partition coefficient (Wildman–Crippen LogP) is 3.23. The number of carboxylic acids is 1. The van der Waals surface area contributed by atoms with Gasteiger partial charge in [0, 0.05) is 0 Å². The summed E-state index contributed by atoms with van der Waals surface area (Å²) < 4.78 is 5.93. The first kappa shape index (κ1) is 13.5. The average Bonchev–Trinajstić information content (AvgIpc) is 2.21. The van der Waals surface area contributed by atoms with E-state index in [1.165, 1.54) is 0 Å². The van der Waals surface area contributed by atoms with Gasteiger partial charge in [-0.15, -0.1) is 0 Å². The molecule has 0 radical (unpaired) electrons. The van der Waals surface area contributed by atoms with Crippen LogP contribution in [0, 0.1) is 5.92 Å². The van der Waals surface area contributed by atoms with Crippen LogP contribution < -0.4 is 0 Å². The summed E-state index contributed by atoms with van der Waals surface area (Å²) >= 11 is 0. The minimum Gasteiger partial charge on any atom is -0.479 e. The van der Waals surface area contributed by atoms with Crippen molar-refractivity contribution in [1.82, 2.24) is 0 Å². The van der Waals surface area contributed by atoms with Crippen LogP contribution in [0.5, 0.6) is 0 Å². The summed E-state index contributed by atoms with van der Waals surface area (Å²) in [5.41, 5.74) is -1.29. The zero-order valence-corrected chi connectivity index (χ0v) is 10.9. The van der Waals surface area contributed by atoms with Gasteiger partial charge in [0.05, 0.1) is 5.60 Å². The topological polar surface area (TPSA) is 46.5 Å². The Balaban J connectivity index is 2.78. The van der Waals surface area contributed by atoms with E-state index in [-0.39, 0.29) is 5.60 Å². The molecule has 16 heavy (non-hydrogen) atoms. The van der Waals surface area contributed by atoms with Crippen LogP contribution in [0.3, 0.4) is 0 Å². The molecular formula is C13H24O3. The molecule has 94 valence electrons. The molecule has 0 aliphatic heterocycles. The highest BCUT2D eigenvalue weighted by Gasteiger charge is 2.45. The van der Waals surface area contributed by atoms with E-state index in [4.69, 9.17) is 4.74 Å². The van der Waals surface area contributed by atoms with Crippen molar-refractivity contribution in [3.05, 3.63) is 0 Å². The van der Waals surface area contributed by atoms with Crippen LogP contribution in [0.4, 0.5) is 0 Å². The van der Waals surface area contributed by atoms with Crippen molar-refractivity contribution in [1.29, 1.82) is 0 Å². The molecule has 1 rings (SSSR count). The first-order valence-corrected chi connectivity index (χ1v) is 6.25. The van der Waals surface area contributed by atoms with Crippen molar-refractivity contribution < 1.29 is 14.6 Å². The normalized spacial score (nSPS) is 31.4. The first-order valence-electron chi connectivity index (χ1n) is 6.25. The van der Waals surface area contributed by atoms with Crippen molar-refractivity contribution in [2.24, 2.45) is 5.92 Å². The number of hydrogen-bond donors (Lipinski definition) is 1. The lowest BCUT2D eigenvalue weighted by atomic mass is 9.79.